The summed E-state index contributed by atoms with van der Waals surface area (Å²) in [6.45, 7) is 1.04. The van der Waals surface area contributed by atoms with Gasteiger partial charge in [0, 0.05) is 12.3 Å². The lowest BCUT2D eigenvalue weighted by molar-refractivity contribution is 0.450. The van der Waals surface area contributed by atoms with E-state index in [9.17, 15) is 0 Å². The van der Waals surface area contributed by atoms with Gasteiger partial charge in [0.1, 0.15) is 5.76 Å². The molecule has 0 aromatic carbocycles. The lowest BCUT2D eigenvalue weighted by Crippen LogP contribution is -2.08. The maximum atomic E-state index is 5.62. The summed E-state index contributed by atoms with van der Waals surface area (Å²) in [6.07, 6.45) is 6.52. The minimum atomic E-state index is 0.637. The molecule has 1 heterocycles. The van der Waals surface area contributed by atoms with Gasteiger partial charge in [0.15, 0.2) is 5.89 Å². The molecule has 0 saturated heterocycles. The van der Waals surface area contributed by atoms with Gasteiger partial charge in [-0.05, 0) is 32.9 Å². The second-order valence-electron chi connectivity index (χ2n) is 3.65. The molecule has 72 valence electrons. The van der Waals surface area contributed by atoms with Gasteiger partial charge in [0.25, 0.3) is 0 Å². The van der Waals surface area contributed by atoms with Gasteiger partial charge in [-0.15, -0.1) is 0 Å². The van der Waals surface area contributed by atoms with Crippen LogP contribution < -0.4 is 5.32 Å². The van der Waals surface area contributed by atoms with Crippen molar-refractivity contribution in [3.05, 3.63) is 17.8 Å². The first kappa shape index (κ1) is 8.75. The molecule has 1 saturated carbocycles. The molecule has 1 aliphatic carbocycles. The number of hydrogen-bond acceptors (Lipinski definition) is 3. The van der Waals surface area contributed by atoms with E-state index in [1.807, 2.05) is 13.2 Å². The van der Waals surface area contributed by atoms with Crippen LogP contribution in [0, 0.1) is 0 Å². The van der Waals surface area contributed by atoms with Crippen molar-refractivity contribution in [2.24, 2.45) is 0 Å². The van der Waals surface area contributed by atoms with E-state index in [0.29, 0.717) is 5.92 Å². The fourth-order valence-corrected chi connectivity index (χ4v) is 1.40. The van der Waals surface area contributed by atoms with E-state index in [4.69, 9.17) is 4.42 Å². The van der Waals surface area contributed by atoms with E-state index < -0.39 is 0 Å². The maximum Gasteiger partial charge on any atom is 0.197 e. The number of oxazole rings is 1. The molecule has 13 heavy (non-hydrogen) atoms. The largest absolute Gasteiger partial charge is 0.445 e. The van der Waals surface area contributed by atoms with Crippen LogP contribution in [0.1, 0.15) is 36.8 Å². The first-order chi connectivity index (χ1) is 6.40. The van der Waals surface area contributed by atoms with E-state index >= 15 is 0 Å². The van der Waals surface area contributed by atoms with Crippen molar-refractivity contribution in [2.45, 2.75) is 31.6 Å². The van der Waals surface area contributed by atoms with Gasteiger partial charge in [-0.1, -0.05) is 0 Å². The van der Waals surface area contributed by atoms with Crippen LogP contribution in [0.15, 0.2) is 10.6 Å². The van der Waals surface area contributed by atoms with Crippen molar-refractivity contribution in [1.29, 1.82) is 0 Å². The lowest BCUT2D eigenvalue weighted by atomic mass is 10.3. The summed E-state index contributed by atoms with van der Waals surface area (Å²) in [5, 5.41) is 3.12. The summed E-state index contributed by atoms with van der Waals surface area (Å²) in [4.78, 5) is 4.27. The zero-order valence-electron chi connectivity index (χ0n) is 8.05. The minimum Gasteiger partial charge on any atom is -0.445 e. The monoisotopic (exact) mass is 180 g/mol. The minimum absolute atomic E-state index is 0.637. The number of aryl methyl sites for hydroxylation is 1. The molecule has 0 aliphatic heterocycles. The van der Waals surface area contributed by atoms with Crippen LogP contribution in [-0.2, 0) is 6.42 Å². The maximum absolute atomic E-state index is 5.62. The molecule has 3 heteroatoms. The second-order valence-corrected chi connectivity index (χ2v) is 3.65. The van der Waals surface area contributed by atoms with Crippen molar-refractivity contribution in [1.82, 2.24) is 10.3 Å². The SMILES string of the molecule is CNCCCc1cnc(C2CC2)o1. The van der Waals surface area contributed by atoms with Crippen molar-refractivity contribution < 1.29 is 4.42 Å². The fourth-order valence-electron chi connectivity index (χ4n) is 1.40. The molecule has 0 atom stereocenters. The molecule has 0 radical (unpaired) electrons. The molecular weight excluding hydrogens is 164 g/mol. The Kier molecular flexibility index (Phi) is 2.64. The number of hydrogen-bond donors (Lipinski definition) is 1. The lowest BCUT2D eigenvalue weighted by Gasteiger charge is -1.95. The topological polar surface area (TPSA) is 38.1 Å². The van der Waals surface area contributed by atoms with Gasteiger partial charge < -0.3 is 9.73 Å². The number of rotatable bonds is 5. The first-order valence-electron chi connectivity index (χ1n) is 4.99. The average molecular weight is 180 g/mol. The van der Waals surface area contributed by atoms with E-state index in [2.05, 4.69) is 10.3 Å². The third kappa shape index (κ3) is 2.31. The number of nitrogens with one attached hydrogen (secondary N) is 1. The van der Waals surface area contributed by atoms with E-state index in [1.165, 1.54) is 12.8 Å². The molecule has 1 aliphatic rings. The van der Waals surface area contributed by atoms with Gasteiger partial charge in [0.2, 0.25) is 0 Å². The van der Waals surface area contributed by atoms with Crippen molar-refractivity contribution in [2.75, 3.05) is 13.6 Å². The standard InChI is InChI=1S/C10H16N2O/c1-11-6-2-3-9-7-12-10(13-9)8-4-5-8/h7-8,11H,2-6H2,1H3. The van der Waals surface area contributed by atoms with Crippen molar-refractivity contribution in [3.63, 3.8) is 0 Å². The highest BCUT2D eigenvalue weighted by molar-refractivity contribution is 5.04. The number of nitrogens with zero attached hydrogens (tertiary/aromatic N) is 1. The summed E-state index contributed by atoms with van der Waals surface area (Å²) in [7, 11) is 1.97. The van der Waals surface area contributed by atoms with Gasteiger partial charge in [-0.2, -0.15) is 0 Å². The summed E-state index contributed by atoms with van der Waals surface area (Å²) in [5.41, 5.74) is 0. The van der Waals surface area contributed by atoms with E-state index in [-0.39, 0.29) is 0 Å². The summed E-state index contributed by atoms with van der Waals surface area (Å²) >= 11 is 0. The third-order valence-electron chi connectivity index (χ3n) is 2.35. The Hall–Kier alpha value is -0.830. The molecule has 0 bridgehead atoms. The van der Waals surface area contributed by atoms with Crippen LogP contribution in [0.3, 0.4) is 0 Å². The smallest absolute Gasteiger partial charge is 0.197 e. The van der Waals surface area contributed by atoms with E-state index in [0.717, 1.165) is 31.0 Å². The quantitative estimate of drug-likeness (QED) is 0.701. The van der Waals surface area contributed by atoms with Crippen LogP contribution in [0.2, 0.25) is 0 Å². The Morgan fingerprint density at radius 3 is 3.15 bits per heavy atom. The Morgan fingerprint density at radius 1 is 1.62 bits per heavy atom. The Bertz CT molecular complexity index is 266. The predicted octanol–water partition coefficient (Wildman–Crippen LogP) is 1.70. The van der Waals surface area contributed by atoms with Gasteiger partial charge >= 0.3 is 0 Å². The zero-order chi connectivity index (χ0) is 9.10. The van der Waals surface area contributed by atoms with Gasteiger partial charge in [0.05, 0.1) is 6.20 Å². The Balaban J connectivity index is 1.82. The van der Waals surface area contributed by atoms with Crippen molar-refractivity contribution in [3.8, 4) is 0 Å². The van der Waals surface area contributed by atoms with Crippen LogP contribution in [0.25, 0.3) is 0 Å². The Morgan fingerprint density at radius 2 is 2.46 bits per heavy atom. The molecule has 1 N–H and O–H groups in total. The summed E-state index contributed by atoms with van der Waals surface area (Å²) < 4.78 is 5.62. The van der Waals surface area contributed by atoms with E-state index in [1.54, 1.807) is 0 Å². The third-order valence-corrected chi connectivity index (χ3v) is 2.35. The van der Waals surface area contributed by atoms with Crippen LogP contribution in [-0.4, -0.2) is 18.6 Å². The first-order valence-corrected chi connectivity index (χ1v) is 4.99. The normalized spacial score (nSPS) is 16.4. The van der Waals surface area contributed by atoms with Crippen LogP contribution in [0.4, 0.5) is 0 Å². The molecule has 1 fully saturated rings. The highest BCUT2D eigenvalue weighted by atomic mass is 16.4. The predicted molar refractivity (Wildman–Crippen MR) is 50.7 cm³/mol. The highest BCUT2D eigenvalue weighted by Crippen LogP contribution is 2.39. The highest BCUT2D eigenvalue weighted by Gasteiger charge is 2.28. The van der Waals surface area contributed by atoms with Crippen molar-refractivity contribution >= 4 is 0 Å². The van der Waals surface area contributed by atoms with Crippen LogP contribution >= 0.6 is 0 Å². The fraction of sp³-hybridized carbons (Fsp3) is 0.700. The summed E-state index contributed by atoms with van der Waals surface area (Å²) in [5.74, 6) is 2.63. The summed E-state index contributed by atoms with van der Waals surface area (Å²) in [6, 6.07) is 0. The molecule has 1 aromatic heterocycles. The second kappa shape index (κ2) is 3.92. The molecule has 0 spiro atoms. The molecule has 0 unspecified atom stereocenters. The molecular formula is C10H16N2O. The molecule has 0 amide bonds. The van der Waals surface area contributed by atoms with Gasteiger partial charge in [-0.3, -0.25) is 0 Å². The average Bonchev–Trinajstić information content (AvgIpc) is 2.88. The molecule has 3 nitrogen and oxygen atoms in total. The Labute approximate surface area is 78.5 Å². The van der Waals surface area contributed by atoms with Gasteiger partial charge in [-0.25, -0.2) is 4.98 Å². The molecule has 2 rings (SSSR count). The molecule has 1 aromatic rings. The number of aromatic nitrogens is 1. The zero-order valence-corrected chi connectivity index (χ0v) is 8.05. The van der Waals surface area contributed by atoms with Crippen LogP contribution in [0.5, 0.6) is 0 Å².